The summed E-state index contributed by atoms with van der Waals surface area (Å²) in [5.74, 6) is -0.514. The summed E-state index contributed by atoms with van der Waals surface area (Å²) >= 11 is 1.27. The molecular formula is C12H17N3O2S. The molecule has 98 valence electrons. The summed E-state index contributed by atoms with van der Waals surface area (Å²) in [6, 6.07) is 2.15. The van der Waals surface area contributed by atoms with Crippen molar-refractivity contribution < 1.29 is 9.59 Å². The van der Waals surface area contributed by atoms with Gasteiger partial charge in [-0.05, 0) is 19.9 Å². The van der Waals surface area contributed by atoms with Crippen molar-refractivity contribution in [2.24, 2.45) is 5.73 Å². The van der Waals surface area contributed by atoms with Crippen LogP contribution in [-0.2, 0) is 0 Å². The van der Waals surface area contributed by atoms with Gasteiger partial charge in [-0.15, -0.1) is 11.3 Å². The number of hydrogen-bond acceptors (Lipinski definition) is 4. The molecule has 1 fully saturated rings. The van der Waals surface area contributed by atoms with Crippen LogP contribution in [0, 0.1) is 0 Å². The van der Waals surface area contributed by atoms with Crippen molar-refractivity contribution in [3.8, 4) is 0 Å². The predicted molar refractivity (Wildman–Crippen MR) is 70.8 cm³/mol. The molecule has 2 heterocycles. The number of thiophene rings is 1. The van der Waals surface area contributed by atoms with Gasteiger partial charge >= 0.3 is 0 Å². The van der Waals surface area contributed by atoms with Crippen molar-refractivity contribution in [3.63, 3.8) is 0 Å². The largest absolute Gasteiger partial charge is 0.366 e. The van der Waals surface area contributed by atoms with E-state index in [1.165, 1.54) is 11.3 Å². The third kappa shape index (κ3) is 2.70. The molecule has 0 aliphatic carbocycles. The fourth-order valence-corrected chi connectivity index (χ4v) is 3.09. The van der Waals surface area contributed by atoms with Crippen LogP contribution < -0.4 is 11.1 Å². The van der Waals surface area contributed by atoms with Gasteiger partial charge in [-0.2, -0.15) is 0 Å². The van der Waals surface area contributed by atoms with Gasteiger partial charge in [0.25, 0.3) is 5.91 Å². The highest BCUT2D eigenvalue weighted by Gasteiger charge is 2.26. The van der Waals surface area contributed by atoms with Gasteiger partial charge in [0, 0.05) is 30.6 Å². The third-order valence-corrected chi connectivity index (χ3v) is 3.86. The Bertz CT molecular complexity index is 462. The van der Waals surface area contributed by atoms with E-state index in [9.17, 15) is 9.59 Å². The van der Waals surface area contributed by atoms with Crippen LogP contribution in [0.5, 0.6) is 0 Å². The molecule has 6 heteroatoms. The molecule has 1 aromatic rings. The lowest BCUT2D eigenvalue weighted by atomic mass is 10.1. The highest BCUT2D eigenvalue weighted by atomic mass is 32.1. The average Bonchev–Trinajstić information content (AvgIpc) is 2.75. The summed E-state index contributed by atoms with van der Waals surface area (Å²) in [5, 5.41) is 5.00. The topological polar surface area (TPSA) is 75.4 Å². The van der Waals surface area contributed by atoms with E-state index in [0.29, 0.717) is 23.5 Å². The van der Waals surface area contributed by atoms with E-state index in [1.807, 2.05) is 4.90 Å². The van der Waals surface area contributed by atoms with E-state index in [4.69, 9.17) is 5.73 Å². The van der Waals surface area contributed by atoms with Gasteiger partial charge in [0.15, 0.2) is 0 Å². The van der Waals surface area contributed by atoms with Crippen molar-refractivity contribution in [2.45, 2.75) is 25.9 Å². The van der Waals surface area contributed by atoms with Crippen LogP contribution in [0.3, 0.4) is 0 Å². The molecule has 5 nitrogen and oxygen atoms in total. The van der Waals surface area contributed by atoms with Crippen LogP contribution in [0.2, 0.25) is 0 Å². The molecule has 1 aromatic heterocycles. The summed E-state index contributed by atoms with van der Waals surface area (Å²) in [4.78, 5) is 25.7. The Morgan fingerprint density at radius 3 is 2.50 bits per heavy atom. The van der Waals surface area contributed by atoms with Crippen molar-refractivity contribution >= 4 is 23.2 Å². The van der Waals surface area contributed by atoms with Crippen molar-refractivity contribution in [1.29, 1.82) is 0 Å². The van der Waals surface area contributed by atoms with E-state index >= 15 is 0 Å². The van der Waals surface area contributed by atoms with Crippen LogP contribution in [0.25, 0.3) is 0 Å². The highest BCUT2D eigenvalue weighted by Crippen LogP contribution is 2.18. The summed E-state index contributed by atoms with van der Waals surface area (Å²) in [5.41, 5.74) is 5.59. The van der Waals surface area contributed by atoms with Gasteiger partial charge < -0.3 is 16.0 Å². The number of amides is 2. The number of carbonyl (C=O) groups is 2. The molecule has 0 radical (unpaired) electrons. The minimum absolute atomic E-state index is 0.0206. The van der Waals surface area contributed by atoms with Crippen LogP contribution in [0.15, 0.2) is 11.4 Å². The van der Waals surface area contributed by atoms with E-state index in [2.05, 4.69) is 19.2 Å². The quantitative estimate of drug-likeness (QED) is 0.827. The number of carbonyl (C=O) groups excluding carboxylic acids is 2. The molecule has 2 atom stereocenters. The first-order valence-electron chi connectivity index (χ1n) is 5.91. The number of primary amides is 1. The number of nitrogens with zero attached hydrogens (tertiary/aromatic N) is 1. The van der Waals surface area contributed by atoms with Crippen LogP contribution in [-0.4, -0.2) is 41.9 Å². The zero-order valence-electron chi connectivity index (χ0n) is 10.5. The smallest absolute Gasteiger partial charge is 0.264 e. The highest BCUT2D eigenvalue weighted by molar-refractivity contribution is 7.12. The molecule has 2 amide bonds. The van der Waals surface area contributed by atoms with E-state index in [-0.39, 0.29) is 18.0 Å². The number of nitrogens with two attached hydrogens (primary N) is 1. The minimum atomic E-state index is -0.493. The maximum Gasteiger partial charge on any atom is 0.264 e. The van der Waals surface area contributed by atoms with Crippen molar-refractivity contribution in [3.05, 3.63) is 21.9 Å². The van der Waals surface area contributed by atoms with Gasteiger partial charge in [-0.3, -0.25) is 9.59 Å². The zero-order valence-corrected chi connectivity index (χ0v) is 11.3. The number of piperazine rings is 1. The number of hydrogen-bond donors (Lipinski definition) is 2. The monoisotopic (exact) mass is 267 g/mol. The molecule has 1 aliphatic heterocycles. The summed E-state index contributed by atoms with van der Waals surface area (Å²) in [6.45, 7) is 5.48. The molecule has 1 saturated heterocycles. The Hall–Kier alpha value is -1.40. The molecule has 0 spiro atoms. The van der Waals surface area contributed by atoms with Gasteiger partial charge in [-0.25, -0.2) is 0 Å². The molecular weight excluding hydrogens is 250 g/mol. The van der Waals surface area contributed by atoms with Crippen molar-refractivity contribution in [1.82, 2.24) is 10.2 Å². The van der Waals surface area contributed by atoms with E-state index in [0.717, 1.165) is 0 Å². The number of rotatable bonds is 2. The molecule has 0 bridgehead atoms. The lowest BCUT2D eigenvalue weighted by Crippen LogP contribution is -2.55. The third-order valence-electron chi connectivity index (χ3n) is 2.94. The standard InChI is InChI=1S/C12H17N3O2S/c1-7-4-15(5-8(2)14-7)12(17)10-3-9(6-18-10)11(13)16/h3,6-8,14H,4-5H2,1-2H3,(H2,13,16)/t7-,8+. The first kappa shape index (κ1) is 13.0. The fraction of sp³-hybridized carbons (Fsp3) is 0.500. The molecule has 18 heavy (non-hydrogen) atoms. The molecule has 1 aliphatic rings. The molecule has 0 aromatic carbocycles. The second-order valence-electron chi connectivity index (χ2n) is 4.74. The lowest BCUT2D eigenvalue weighted by Gasteiger charge is -2.35. The minimum Gasteiger partial charge on any atom is -0.366 e. The Balaban J connectivity index is 2.12. The van der Waals surface area contributed by atoms with E-state index < -0.39 is 5.91 Å². The van der Waals surface area contributed by atoms with Crippen LogP contribution >= 0.6 is 11.3 Å². The molecule has 2 rings (SSSR count). The maximum atomic E-state index is 12.3. The first-order valence-corrected chi connectivity index (χ1v) is 6.79. The molecule has 0 saturated carbocycles. The normalized spacial score (nSPS) is 24.0. The predicted octanol–water partition coefficient (Wildman–Crippen LogP) is 0.669. The van der Waals surface area contributed by atoms with Gasteiger partial charge in [-0.1, -0.05) is 0 Å². The van der Waals surface area contributed by atoms with Gasteiger partial charge in [0.05, 0.1) is 10.4 Å². The maximum absolute atomic E-state index is 12.3. The Kier molecular flexibility index (Phi) is 3.68. The summed E-state index contributed by atoms with van der Waals surface area (Å²) in [7, 11) is 0. The second-order valence-corrected chi connectivity index (χ2v) is 5.65. The number of nitrogens with one attached hydrogen (secondary N) is 1. The SMILES string of the molecule is C[C@@H]1CN(C(=O)c2cc(C(N)=O)cs2)C[C@H](C)N1. The van der Waals surface area contributed by atoms with Gasteiger partial charge in [0.2, 0.25) is 5.91 Å². The van der Waals surface area contributed by atoms with Crippen molar-refractivity contribution in [2.75, 3.05) is 13.1 Å². The molecule has 3 N–H and O–H groups in total. The zero-order chi connectivity index (χ0) is 13.3. The Morgan fingerprint density at radius 2 is 2.00 bits per heavy atom. The lowest BCUT2D eigenvalue weighted by molar-refractivity contribution is 0.0678. The Labute approximate surface area is 110 Å². The van der Waals surface area contributed by atoms with Gasteiger partial charge in [0.1, 0.15) is 0 Å². The summed E-state index contributed by atoms with van der Waals surface area (Å²) < 4.78 is 0. The molecule has 0 unspecified atom stereocenters. The average molecular weight is 267 g/mol. The Morgan fingerprint density at radius 1 is 1.39 bits per heavy atom. The summed E-state index contributed by atoms with van der Waals surface area (Å²) in [6.07, 6.45) is 0. The fourth-order valence-electron chi connectivity index (χ4n) is 2.23. The van der Waals surface area contributed by atoms with Crippen LogP contribution in [0.1, 0.15) is 33.9 Å². The van der Waals surface area contributed by atoms with Crippen LogP contribution in [0.4, 0.5) is 0 Å². The first-order chi connectivity index (χ1) is 8.47. The second kappa shape index (κ2) is 5.07. The van der Waals surface area contributed by atoms with E-state index in [1.54, 1.807) is 11.4 Å².